The normalized spacial score (nSPS) is 15.4. The Morgan fingerprint density at radius 2 is 1.16 bits per heavy atom. The zero-order valence-corrected chi connectivity index (χ0v) is 13.4. The molecule has 0 spiro atoms. The molecule has 0 bridgehead atoms. The van der Waals surface area contributed by atoms with Gasteiger partial charge in [0.1, 0.15) is 0 Å². The van der Waals surface area contributed by atoms with Crippen molar-refractivity contribution in [2.24, 2.45) is 0 Å². The lowest BCUT2D eigenvalue weighted by atomic mass is 9.91. The number of para-hydroxylation sites is 1. The van der Waals surface area contributed by atoms with Gasteiger partial charge in [0, 0.05) is 11.1 Å². The van der Waals surface area contributed by atoms with Crippen LogP contribution in [-0.2, 0) is 4.79 Å². The molecule has 0 radical (unpaired) electrons. The second-order valence-corrected chi connectivity index (χ2v) is 5.80. The van der Waals surface area contributed by atoms with Crippen molar-refractivity contribution in [2.45, 2.75) is 0 Å². The van der Waals surface area contributed by atoms with Crippen LogP contribution in [0.2, 0.25) is 0 Å². The van der Waals surface area contributed by atoms with Gasteiger partial charge in [0.25, 0.3) is 11.8 Å². The number of hydrogen-bond donors (Lipinski definition) is 0. The maximum atomic E-state index is 13.1. The van der Waals surface area contributed by atoms with Gasteiger partial charge in [-0.15, -0.1) is 0 Å². The molecule has 120 valence electrons. The Kier molecular flexibility index (Phi) is 3.75. The Hall–Kier alpha value is -3.46. The molecule has 3 nitrogen and oxygen atoms in total. The molecule has 3 aromatic rings. The summed E-state index contributed by atoms with van der Waals surface area (Å²) in [5.74, 6) is -0.601. The Bertz CT molecular complexity index is 975. The smallest absolute Gasteiger partial charge is 0.265 e. The van der Waals surface area contributed by atoms with E-state index in [-0.39, 0.29) is 11.8 Å². The van der Waals surface area contributed by atoms with Gasteiger partial charge < -0.3 is 0 Å². The van der Waals surface area contributed by atoms with E-state index in [1.54, 1.807) is 18.2 Å². The zero-order valence-electron chi connectivity index (χ0n) is 13.4. The lowest BCUT2D eigenvalue weighted by Crippen LogP contribution is -2.41. The summed E-state index contributed by atoms with van der Waals surface area (Å²) in [6, 6.07) is 25.9. The van der Waals surface area contributed by atoms with Crippen molar-refractivity contribution in [1.29, 1.82) is 0 Å². The van der Waals surface area contributed by atoms with Gasteiger partial charge in [-0.2, -0.15) is 0 Å². The Balaban J connectivity index is 1.92. The third kappa shape index (κ3) is 2.66. The first-order valence-corrected chi connectivity index (χ1v) is 8.06. The third-order valence-corrected chi connectivity index (χ3v) is 4.21. The largest absolute Gasteiger partial charge is 0.268 e. The molecule has 0 unspecified atom stereocenters. The number of benzene rings is 3. The number of hydrogen-bond acceptors (Lipinski definition) is 2. The van der Waals surface area contributed by atoms with Crippen LogP contribution in [0, 0.1) is 0 Å². The van der Waals surface area contributed by atoms with Crippen LogP contribution < -0.4 is 4.90 Å². The average Bonchev–Trinajstić information content (AvgIpc) is 2.67. The molecule has 0 aromatic heterocycles. The molecule has 4 rings (SSSR count). The first-order valence-electron chi connectivity index (χ1n) is 8.06. The lowest BCUT2D eigenvalue weighted by Gasteiger charge is -2.28. The van der Waals surface area contributed by atoms with Gasteiger partial charge in [-0.3, -0.25) is 9.59 Å². The minimum Gasteiger partial charge on any atom is -0.268 e. The van der Waals surface area contributed by atoms with E-state index in [0.29, 0.717) is 22.4 Å². The van der Waals surface area contributed by atoms with Gasteiger partial charge in [0.05, 0.1) is 5.69 Å². The number of carbonyl (C=O) groups excluding carboxylic acids is 2. The summed E-state index contributed by atoms with van der Waals surface area (Å²) in [5, 5.41) is 0. The summed E-state index contributed by atoms with van der Waals surface area (Å²) in [5.41, 5.74) is 3.22. The second kappa shape index (κ2) is 6.21. The van der Waals surface area contributed by atoms with E-state index in [0.717, 1.165) is 5.56 Å². The van der Waals surface area contributed by atoms with E-state index in [4.69, 9.17) is 0 Å². The number of rotatable bonds is 2. The fourth-order valence-corrected chi connectivity index (χ4v) is 3.02. The Morgan fingerprint density at radius 1 is 0.600 bits per heavy atom. The molecule has 0 saturated carbocycles. The highest BCUT2D eigenvalue weighted by atomic mass is 16.2. The third-order valence-electron chi connectivity index (χ3n) is 4.21. The summed E-state index contributed by atoms with van der Waals surface area (Å²) in [7, 11) is 0. The van der Waals surface area contributed by atoms with Crippen molar-refractivity contribution in [3.63, 3.8) is 0 Å². The number of nitrogens with zero attached hydrogens (tertiary/aromatic N) is 1. The summed E-state index contributed by atoms with van der Waals surface area (Å²) in [6.45, 7) is 0. The van der Waals surface area contributed by atoms with Crippen LogP contribution in [0.25, 0.3) is 11.6 Å². The first-order chi connectivity index (χ1) is 12.3. The highest BCUT2D eigenvalue weighted by molar-refractivity contribution is 6.43. The highest BCUT2D eigenvalue weighted by Crippen LogP contribution is 2.33. The molecular formula is C22H15NO2. The van der Waals surface area contributed by atoms with E-state index in [1.807, 2.05) is 72.8 Å². The minimum absolute atomic E-state index is 0.294. The summed E-state index contributed by atoms with van der Waals surface area (Å²) in [4.78, 5) is 27.3. The monoisotopic (exact) mass is 325 g/mol. The summed E-state index contributed by atoms with van der Waals surface area (Å²) in [6.07, 6.45) is 1.84. The maximum absolute atomic E-state index is 13.1. The molecule has 2 amide bonds. The highest BCUT2D eigenvalue weighted by Gasteiger charge is 2.35. The zero-order chi connectivity index (χ0) is 17.2. The van der Waals surface area contributed by atoms with Crippen LogP contribution in [0.4, 0.5) is 5.69 Å². The minimum atomic E-state index is -0.307. The van der Waals surface area contributed by atoms with Crippen molar-refractivity contribution in [3.05, 3.63) is 102 Å². The van der Waals surface area contributed by atoms with E-state index in [2.05, 4.69) is 0 Å². The van der Waals surface area contributed by atoms with Crippen molar-refractivity contribution in [2.75, 3.05) is 4.90 Å². The number of anilines is 1. The van der Waals surface area contributed by atoms with Crippen molar-refractivity contribution in [1.82, 2.24) is 0 Å². The average molecular weight is 325 g/mol. The summed E-state index contributed by atoms with van der Waals surface area (Å²) < 4.78 is 0. The molecule has 1 aliphatic heterocycles. The van der Waals surface area contributed by atoms with Crippen LogP contribution >= 0.6 is 0 Å². The number of carbonyl (C=O) groups is 2. The van der Waals surface area contributed by atoms with Crippen LogP contribution in [0.3, 0.4) is 0 Å². The molecule has 0 fully saturated rings. The number of amides is 2. The number of imide groups is 1. The predicted molar refractivity (Wildman–Crippen MR) is 99.0 cm³/mol. The topological polar surface area (TPSA) is 37.4 Å². The molecule has 0 N–H and O–H groups in total. The van der Waals surface area contributed by atoms with E-state index < -0.39 is 0 Å². The first kappa shape index (κ1) is 15.1. The van der Waals surface area contributed by atoms with Crippen molar-refractivity contribution in [3.8, 4) is 0 Å². The van der Waals surface area contributed by atoms with Gasteiger partial charge in [-0.05, 0) is 35.4 Å². The molecule has 1 aliphatic rings. The maximum Gasteiger partial charge on any atom is 0.265 e. The Labute approximate surface area is 145 Å². The standard InChI is InChI=1S/C22H15NO2/c24-21-19-14-8-7-13-18(19)20(15-16-9-3-1-4-10-16)22(25)23(21)17-11-5-2-6-12-17/h1-15H/b20-15-. The van der Waals surface area contributed by atoms with Crippen LogP contribution in [-0.4, -0.2) is 11.8 Å². The Morgan fingerprint density at radius 3 is 1.84 bits per heavy atom. The predicted octanol–water partition coefficient (Wildman–Crippen LogP) is 4.41. The molecule has 0 aliphatic carbocycles. The van der Waals surface area contributed by atoms with Gasteiger partial charge in [0.15, 0.2) is 0 Å². The SMILES string of the molecule is O=C1/C(=C\c2ccccc2)c2ccccc2C(=O)N1c1ccccc1. The fraction of sp³-hybridized carbons (Fsp3) is 0. The van der Waals surface area contributed by atoms with Crippen molar-refractivity contribution >= 4 is 29.2 Å². The molecular weight excluding hydrogens is 310 g/mol. The van der Waals surface area contributed by atoms with Gasteiger partial charge >= 0.3 is 0 Å². The van der Waals surface area contributed by atoms with Crippen LogP contribution in [0.5, 0.6) is 0 Å². The molecule has 3 heteroatoms. The van der Waals surface area contributed by atoms with Gasteiger partial charge in [-0.1, -0.05) is 66.7 Å². The summed E-state index contributed by atoms with van der Waals surface area (Å²) >= 11 is 0. The quantitative estimate of drug-likeness (QED) is 0.517. The molecule has 1 heterocycles. The molecule has 0 saturated heterocycles. The molecule has 3 aromatic carbocycles. The van der Waals surface area contributed by atoms with Crippen molar-refractivity contribution < 1.29 is 9.59 Å². The van der Waals surface area contributed by atoms with Gasteiger partial charge in [0.2, 0.25) is 0 Å². The lowest BCUT2D eigenvalue weighted by molar-refractivity contribution is -0.112. The van der Waals surface area contributed by atoms with E-state index in [9.17, 15) is 9.59 Å². The second-order valence-electron chi connectivity index (χ2n) is 5.80. The fourth-order valence-electron chi connectivity index (χ4n) is 3.02. The van der Waals surface area contributed by atoms with Crippen LogP contribution in [0.15, 0.2) is 84.9 Å². The van der Waals surface area contributed by atoms with E-state index >= 15 is 0 Å². The van der Waals surface area contributed by atoms with Crippen LogP contribution in [0.1, 0.15) is 21.5 Å². The van der Waals surface area contributed by atoms with Gasteiger partial charge in [-0.25, -0.2) is 4.90 Å². The number of fused-ring (bicyclic) bond motifs is 1. The molecule has 0 atom stereocenters. The van der Waals surface area contributed by atoms with E-state index in [1.165, 1.54) is 4.90 Å². The molecule has 25 heavy (non-hydrogen) atoms.